The molecule has 0 amide bonds. The van der Waals surface area contributed by atoms with Crippen LogP contribution in [0, 0.1) is 0 Å². The molecule has 0 N–H and O–H groups in total. The number of esters is 1. The summed E-state index contributed by atoms with van der Waals surface area (Å²) in [6, 6.07) is 7.50. The molecule has 22 heavy (non-hydrogen) atoms. The summed E-state index contributed by atoms with van der Waals surface area (Å²) in [5.41, 5.74) is 0. The maximum atomic E-state index is 11.5. The third-order valence-electron chi connectivity index (χ3n) is 3.37. The largest absolute Gasteiger partial charge is 0.493 e. The summed E-state index contributed by atoms with van der Waals surface area (Å²) in [7, 11) is 1.61. The first-order valence-electron chi connectivity index (χ1n) is 7.48. The van der Waals surface area contributed by atoms with Crippen LogP contribution in [0.15, 0.2) is 24.3 Å². The van der Waals surface area contributed by atoms with Gasteiger partial charge >= 0.3 is 5.97 Å². The second-order valence-corrected chi connectivity index (χ2v) is 4.99. The molecule has 6 heteroatoms. The van der Waals surface area contributed by atoms with Gasteiger partial charge in [0.25, 0.3) is 0 Å². The summed E-state index contributed by atoms with van der Waals surface area (Å²) >= 11 is 0. The number of methoxy groups -OCH3 is 1. The number of morpholine rings is 1. The maximum Gasteiger partial charge on any atom is 0.320 e. The van der Waals surface area contributed by atoms with E-state index in [-0.39, 0.29) is 12.1 Å². The van der Waals surface area contributed by atoms with E-state index in [0.29, 0.717) is 44.4 Å². The van der Waals surface area contributed by atoms with Gasteiger partial charge in [-0.3, -0.25) is 9.69 Å². The molecule has 1 saturated heterocycles. The Hall–Kier alpha value is -1.79. The third-order valence-corrected chi connectivity index (χ3v) is 3.37. The summed E-state index contributed by atoms with van der Waals surface area (Å²) < 4.78 is 21.7. The molecule has 2 rings (SSSR count). The number of hydrogen-bond acceptors (Lipinski definition) is 6. The summed E-state index contributed by atoms with van der Waals surface area (Å²) in [6.07, 6.45) is -0.0758. The van der Waals surface area contributed by atoms with Gasteiger partial charge in [-0.05, 0) is 19.1 Å². The Morgan fingerprint density at radius 2 is 2.14 bits per heavy atom. The zero-order chi connectivity index (χ0) is 15.8. The van der Waals surface area contributed by atoms with Crippen molar-refractivity contribution >= 4 is 5.97 Å². The van der Waals surface area contributed by atoms with Gasteiger partial charge in [-0.1, -0.05) is 12.1 Å². The van der Waals surface area contributed by atoms with E-state index in [1.54, 1.807) is 14.0 Å². The molecule has 1 aromatic carbocycles. The van der Waals surface area contributed by atoms with Crippen LogP contribution in [0.4, 0.5) is 0 Å². The van der Waals surface area contributed by atoms with Crippen LogP contribution >= 0.6 is 0 Å². The highest BCUT2D eigenvalue weighted by molar-refractivity contribution is 5.71. The molecule has 1 aliphatic heterocycles. The van der Waals surface area contributed by atoms with Crippen molar-refractivity contribution in [2.45, 2.75) is 13.0 Å². The van der Waals surface area contributed by atoms with Gasteiger partial charge in [0, 0.05) is 13.1 Å². The Morgan fingerprint density at radius 3 is 2.86 bits per heavy atom. The number of carbonyl (C=O) groups is 1. The number of nitrogens with zero attached hydrogens (tertiary/aromatic N) is 1. The molecular formula is C16H23NO5. The minimum Gasteiger partial charge on any atom is -0.493 e. The van der Waals surface area contributed by atoms with Crippen molar-refractivity contribution in [1.82, 2.24) is 4.90 Å². The Morgan fingerprint density at radius 1 is 1.36 bits per heavy atom. The molecule has 1 fully saturated rings. The van der Waals surface area contributed by atoms with Gasteiger partial charge in [0.2, 0.25) is 0 Å². The van der Waals surface area contributed by atoms with E-state index in [4.69, 9.17) is 18.9 Å². The zero-order valence-electron chi connectivity index (χ0n) is 13.1. The third kappa shape index (κ3) is 4.89. The zero-order valence-corrected chi connectivity index (χ0v) is 13.1. The van der Waals surface area contributed by atoms with E-state index < -0.39 is 0 Å². The SMILES string of the molecule is CCOC(=O)CN1CCO[C@H](COc2ccccc2OC)C1. The predicted octanol–water partition coefficient (Wildman–Crippen LogP) is 1.34. The van der Waals surface area contributed by atoms with Crippen LogP contribution in [-0.4, -0.2) is 63.5 Å². The van der Waals surface area contributed by atoms with Crippen LogP contribution in [-0.2, 0) is 14.3 Å². The fourth-order valence-corrected chi connectivity index (χ4v) is 2.33. The molecule has 0 aliphatic carbocycles. The van der Waals surface area contributed by atoms with Crippen LogP contribution < -0.4 is 9.47 Å². The van der Waals surface area contributed by atoms with Crippen molar-refractivity contribution < 1.29 is 23.7 Å². The fraction of sp³-hybridized carbons (Fsp3) is 0.562. The first kappa shape index (κ1) is 16.6. The smallest absolute Gasteiger partial charge is 0.320 e. The highest BCUT2D eigenvalue weighted by Gasteiger charge is 2.23. The quantitative estimate of drug-likeness (QED) is 0.709. The van der Waals surface area contributed by atoms with E-state index in [9.17, 15) is 4.79 Å². The van der Waals surface area contributed by atoms with Crippen molar-refractivity contribution in [1.29, 1.82) is 0 Å². The number of ether oxygens (including phenoxy) is 4. The van der Waals surface area contributed by atoms with Gasteiger partial charge in [-0.25, -0.2) is 0 Å². The topological polar surface area (TPSA) is 57.2 Å². The second kappa shape index (κ2) is 8.60. The van der Waals surface area contributed by atoms with Crippen LogP contribution in [0.25, 0.3) is 0 Å². The van der Waals surface area contributed by atoms with E-state index >= 15 is 0 Å². The fourth-order valence-electron chi connectivity index (χ4n) is 2.33. The molecule has 0 unspecified atom stereocenters. The van der Waals surface area contributed by atoms with Crippen LogP contribution in [0.3, 0.4) is 0 Å². The second-order valence-electron chi connectivity index (χ2n) is 4.99. The summed E-state index contributed by atoms with van der Waals surface area (Å²) in [5, 5.41) is 0. The molecule has 1 aliphatic rings. The molecule has 0 aromatic heterocycles. The Kier molecular flexibility index (Phi) is 6.48. The molecule has 0 saturated carbocycles. The van der Waals surface area contributed by atoms with E-state index in [1.165, 1.54) is 0 Å². The molecule has 1 heterocycles. The van der Waals surface area contributed by atoms with Crippen LogP contribution in [0.5, 0.6) is 11.5 Å². The minimum atomic E-state index is -0.200. The monoisotopic (exact) mass is 309 g/mol. The van der Waals surface area contributed by atoms with E-state index in [2.05, 4.69) is 0 Å². The highest BCUT2D eigenvalue weighted by atomic mass is 16.5. The van der Waals surface area contributed by atoms with Gasteiger partial charge < -0.3 is 18.9 Å². The molecular weight excluding hydrogens is 286 g/mol. The number of rotatable bonds is 7. The molecule has 0 bridgehead atoms. The molecule has 0 radical (unpaired) electrons. The normalized spacial score (nSPS) is 18.7. The average molecular weight is 309 g/mol. The van der Waals surface area contributed by atoms with Gasteiger partial charge in [-0.2, -0.15) is 0 Å². The molecule has 6 nitrogen and oxygen atoms in total. The molecule has 1 atom stereocenters. The van der Waals surface area contributed by atoms with E-state index in [0.717, 1.165) is 6.54 Å². The Balaban J connectivity index is 1.81. The van der Waals surface area contributed by atoms with Gasteiger partial charge in [-0.15, -0.1) is 0 Å². The van der Waals surface area contributed by atoms with Crippen molar-refractivity contribution in [2.24, 2.45) is 0 Å². The lowest BCUT2D eigenvalue weighted by Gasteiger charge is -2.32. The molecule has 0 spiro atoms. The minimum absolute atomic E-state index is 0.0758. The number of benzene rings is 1. The van der Waals surface area contributed by atoms with E-state index in [1.807, 2.05) is 29.2 Å². The van der Waals surface area contributed by atoms with Crippen LogP contribution in [0.1, 0.15) is 6.92 Å². The molecule has 1 aromatic rings. The maximum absolute atomic E-state index is 11.5. The standard InChI is InChI=1S/C16H23NO5/c1-3-20-16(18)11-17-8-9-21-13(10-17)12-22-15-7-5-4-6-14(15)19-2/h4-7,13H,3,8-12H2,1-2H3/t13-/m0/s1. The summed E-state index contributed by atoms with van der Waals surface area (Å²) in [6.45, 7) is 4.88. The Labute approximate surface area is 130 Å². The summed E-state index contributed by atoms with van der Waals surface area (Å²) in [4.78, 5) is 13.6. The van der Waals surface area contributed by atoms with Crippen molar-refractivity contribution in [3.8, 4) is 11.5 Å². The van der Waals surface area contributed by atoms with Crippen LogP contribution in [0.2, 0.25) is 0 Å². The lowest BCUT2D eigenvalue weighted by Crippen LogP contribution is -2.47. The van der Waals surface area contributed by atoms with Crippen molar-refractivity contribution in [3.63, 3.8) is 0 Å². The lowest BCUT2D eigenvalue weighted by atomic mass is 10.2. The number of hydrogen-bond donors (Lipinski definition) is 0. The van der Waals surface area contributed by atoms with Gasteiger partial charge in [0.1, 0.15) is 12.7 Å². The van der Waals surface area contributed by atoms with Gasteiger partial charge in [0.05, 0.1) is 26.9 Å². The number of carbonyl (C=O) groups excluding carboxylic acids is 1. The van der Waals surface area contributed by atoms with Gasteiger partial charge in [0.15, 0.2) is 11.5 Å². The number of para-hydroxylation sites is 2. The predicted molar refractivity (Wildman–Crippen MR) is 81.3 cm³/mol. The first-order chi connectivity index (χ1) is 10.7. The highest BCUT2D eigenvalue weighted by Crippen LogP contribution is 2.26. The lowest BCUT2D eigenvalue weighted by molar-refractivity contribution is -0.146. The first-order valence-corrected chi connectivity index (χ1v) is 7.48. The average Bonchev–Trinajstić information content (AvgIpc) is 2.53. The molecule has 122 valence electrons. The van der Waals surface area contributed by atoms with Crippen molar-refractivity contribution in [3.05, 3.63) is 24.3 Å². The Bertz CT molecular complexity index is 479. The summed E-state index contributed by atoms with van der Waals surface area (Å²) in [5.74, 6) is 1.19. The van der Waals surface area contributed by atoms with Crippen molar-refractivity contribution in [2.75, 3.05) is 46.6 Å².